The molecule has 7 nitrogen and oxygen atoms in total. The van der Waals surface area contributed by atoms with Gasteiger partial charge in [-0.15, -0.1) is 0 Å². The maximum Gasteiger partial charge on any atom is 0.242 e. The van der Waals surface area contributed by atoms with Gasteiger partial charge in [0.2, 0.25) is 10.0 Å². The first-order valence-electron chi connectivity index (χ1n) is 6.16. The molecule has 0 atom stereocenters. The average molecular weight is 298 g/mol. The number of aliphatic hydroxyl groups is 1. The van der Waals surface area contributed by atoms with Crippen LogP contribution in [0.15, 0.2) is 29.4 Å². The predicted molar refractivity (Wildman–Crippen MR) is 73.4 cm³/mol. The molecular weight excluding hydrogens is 280 g/mol. The van der Waals surface area contributed by atoms with E-state index in [2.05, 4.69) is 9.82 Å². The summed E-state index contributed by atoms with van der Waals surface area (Å²) in [6.07, 6.45) is 3.82. The molecular formula is C12H18N4O3S. The van der Waals surface area contributed by atoms with Crippen molar-refractivity contribution in [2.45, 2.75) is 17.9 Å². The van der Waals surface area contributed by atoms with Gasteiger partial charge in [0.15, 0.2) is 0 Å². The fourth-order valence-electron chi connectivity index (χ4n) is 1.87. The molecule has 0 aromatic carbocycles. The highest BCUT2D eigenvalue weighted by Crippen LogP contribution is 2.13. The van der Waals surface area contributed by atoms with Gasteiger partial charge in [-0.2, -0.15) is 5.10 Å². The van der Waals surface area contributed by atoms with Crippen molar-refractivity contribution < 1.29 is 13.5 Å². The molecule has 110 valence electrons. The van der Waals surface area contributed by atoms with E-state index >= 15 is 0 Å². The zero-order valence-electron chi connectivity index (χ0n) is 11.4. The summed E-state index contributed by atoms with van der Waals surface area (Å²) in [5.41, 5.74) is 1.38. The molecule has 0 saturated carbocycles. The number of nitrogens with one attached hydrogen (secondary N) is 1. The summed E-state index contributed by atoms with van der Waals surface area (Å²) in [6.45, 7) is 0.0860. The number of rotatable bonds is 6. The normalized spacial score (nSPS) is 11.9. The molecule has 0 spiro atoms. The Morgan fingerprint density at radius 1 is 1.40 bits per heavy atom. The average Bonchev–Trinajstić information content (AvgIpc) is 2.95. The highest BCUT2D eigenvalue weighted by Gasteiger charge is 2.16. The number of sulfonamides is 1. The lowest BCUT2D eigenvalue weighted by molar-refractivity contribution is 0.272. The minimum Gasteiger partial charge on any atom is -0.390 e. The topological polar surface area (TPSA) is 89.1 Å². The molecule has 2 rings (SSSR count). The van der Waals surface area contributed by atoms with Gasteiger partial charge in [-0.3, -0.25) is 4.68 Å². The van der Waals surface area contributed by atoms with Crippen LogP contribution >= 0.6 is 0 Å². The molecule has 0 amide bonds. The maximum absolute atomic E-state index is 12.1. The largest absolute Gasteiger partial charge is 0.390 e. The van der Waals surface area contributed by atoms with Crippen molar-refractivity contribution in [2.24, 2.45) is 14.1 Å². The molecule has 0 unspecified atom stereocenters. The second-order valence-electron chi connectivity index (χ2n) is 4.56. The second kappa shape index (κ2) is 5.78. The fourth-order valence-corrected chi connectivity index (χ4v) is 3.00. The van der Waals surface area contributed by atoms with Crippen molar-refractivity contribution >= 4 is 10.0 Å². The molecule has 2 aromatic rings. The van der Waals surface area contributed by atoms with Crippen molar-refractivity contribution in [1.29, 1.82) is 0 Å². The van der Waals surface area contributed by atoms with Gasteiger partial charge in [0.25, 0.3) is 0 Å². The van der Waals surface area contributed by atoms with Gasteiger partial charge in [0.1, 0.15) is 0 Å². The number of aromatic nitrogens is 3. The Morgan fingerprint density at radius 2 is 2.15 bits per heavy atom. The highest BCUT2D eigenvalue weighted by atomic mass is 32.2. The summed E-state index contributed by atoms with van der Waals surface area (Å²) in [5, 5.41) is 13.3. The van der Waals surface area contributed by atoms with E-state index in [1.54, 1.807) is 16.3 Å². The van der Waals surface area contributed by atoms with Gasteiger partial charge >= 0.3 is 0 Å². The minimum atomic E-state index is -3.55. The Bertz CT molecular complexity index is 687. The van der Waals surface area contributed by atoms with Crippen molar-refractivity contribution in [3.8, 4) is 0 Å². The fraction of sp³-hybridized carbons (Fsp3) is 0.417. The molecule has 20 heavy (non-hydrogen) atoms. The van der Waals surface area contributed by atoms with Gasteiger partial charge in [-0.05, 0) is 12.1 Å². The number of hydrogen-bond donors (Lipinski definition) is 2. The summed E-state index contributed by atoms with van der Waals surface area (Å²) < 4.78 is 29.9. The van der Waals surface area contributed by atoms with Crippen LogP contribution in [0.3, 0.4) is 0 Å². The lowest BCUT2D eigenvalue weighted by Gasteiger charge is -2.03. The summed E-state index contributed by atoms with van der Waals surface area (Å²) in [5.74, 6) is 0. The third-order valence-corrected chi connectivity index (χ3v) is 4.43. The first kappa shape index (κ1) is 14.8. The van der Waals surface area contributed by atoms with Gasteiger partial charge in [0, 0.05) is 45.1 Å². The number of aliphatic hydroxyl groups excluding tert-OH is 1. The van der Waals surface area contributed by atoms with Crippen molar-refractivity contribution in [1.82, 2.24) is 19.1 Å². The van der Waals surface area contributed by atoms with Crippen LogP contribution in [0.25, 0.3) is 0 Å². The van der Waals surface area contributed by atoms with E-state index in [-0.39, 0.29) is 18.0 Å². The Morgan fingerprint density at radius 3 is 2.70 bits per heavy atom. The smallest absolute Gasteiger partial charge is 0.242 e. The van der Waals surface area contributed by atoms with Gasteiger partial charge in [-0.25, -0.2) is 13.1 Å². The van der Waals surface area contributed by atoms with Crippen molar-refractivity contribution in [3.63, 3.8) is 0 Å². The first-order chi connectivity index (χ1) is 9.42. The number of aryl methyl sites for hydroxylation is 2. The van der Waals surface area contributed by atoms with Crippen LogP contribution in [0, 0.1) is 0 Å². The van der Waals surface area contributed by atoms with Crippen molar-refractivity contribution in [3.05, 3.63) is 35.9 Å². The lowest BCUT2D eigenvalue weighted by Crippen LogP contribution is -2.25. The SMILES string of the molecule is Cn1ccc(CCNS(=O)(=O)c2cc(CO)n(C)c2)n1. The lowest BCUT2D eigenvalue weighted by atomic mass is 10.3. The van der Waals surface area contributed by atoms with Crippen molar-refractivity contribution in [2.75, 3.05) is 6.54 Å². The molecule has 0 bridgehead atoms. The summed E-state index contributed by atoms with van der Waals surface area (Å²) in [6, 6.07) is 3.31. The molecule has 0 aliphatic rings. The van der Waals surface area contributed by atoms with Crippen LogP contribution in [0.4, 0.5) is 0 Å². The van der Waals surface area contributed by atoms with E-state index in [1.165, 1.54) is 12.3 Å². The predicted octanol–water partition coefficient (Wildman–Crippen LogP) is -0.228. The zero-order valence-corrected chi connectivity index (χ0v) is 12.3. The van der Waals surface area contributed by atoms with Crippen LogP contribution in [0.2, 0.25) is 0 Å². The quantitative estimate of drug-likeness (QED) is 0.771. The van der Waals surface area contributed by atoms with E-state index in [9.17, 15) is 8.42 Å². The van der Waals surface area contributed by atoms with Gasteiger partial charge in [0.05, 0.1) is 17.2 Å². The second-order valence-corrected chi connectivity index (χ2v) is 6.33. The Hall–Kier alpha value is -1.64. The molecule has 0 saturated heterocycles. The zero-order chi connectivity index (χ0) is 14.8. The Labute approximate surface area is 117 Å². The first-order valence-corrected chi connectivity index (χ1v) is 7.65. The van der Waals surface area contributed by atoms with Crippen LogP contribution < -0.4 is 4.72 Å². The number of nitrogens with zero attached hydrogens (tertiary/aromatic N) is 3. The van der Waals surface area contributed by atoms with E-state index < -0.39 is 10.0 Å². The molecule has 0 aliphatic carbocycles. The molecule has 2 aromatic heterocycles. The molecule has 2 N–H and O–H groups in total. The van der Waals surface area contributed by atoms with Crippen LogP contribution in [-0.2, 0) is 37.1 Å². The van der Waals surface area contributed by atoms with Gasteiger partial charge < -0.3 is 9.67 Å². The van der Waals surface area contributed by atoms with E-state index in [0.29, 0.717) is 12.1 Å². The minimum absolute atomic E-state index is 0.157. The standard InChI is InChI=1S/C12H18N4O3S/c1-15-8-12(7-11(15)9-17)20(18,19)13-5-3-10-4-6-16(2)14-10/h4,6-8,13,17H,3,5,9H2,1-2H3. The van der Waals surface area contributed by atoms with E-state index in [0.717, 1.165) is 5.69 Å². The Balaban J connectivity index is 2.00. The summed E-state index contributed by atoms with van der Waals surface area (Å²) >= 11 is 0. The van der Waals surface area contributed by atoms with Crippen LogP contribution in [0.5, 0.6) is 0 Å². The Kier molecular flexibility index (Phi) is 4.26. The summed E-state index contributed by atoms with van der Waals surface area (Å²) in [4.78, 5) is 0.157. The third-order valence-electron chi connectivity index (χ3n) is 3.00. The van der Waals surface area contributed by atoms with Gasteiger partial charge in [-0.1, -0.05) is 0 Å². The maximum atomic E-state index is 12.1. The van der Waals surface area contributed by atoms with E-state index in [1.807, 2.05) is 19.3 Å². The molecule has 0 fully saturated rings. The molecule has 0 radical (unpaired) electrons. The van der Waals surface area contributed by atoms with Crippen LogP contribution in [-0.4, -0.2) is 34.4 Å². The summed E-state index contributed by atoms with van der Waals surface area (Å²) in [7, 11) is -0.0454. The monoisotopic (exact) mass is 298 g/mol. The molecule has 8 heteroatoms. The highest BCUT2D eigenvalue weighted by molar-refractivity contribution is 7.89. The number of hydrogen-bond acceptors (Lipinski definition) is 4. The molecule has 2 heterocycles. The van der Waals surface area contributed by atoms with Crippen LogP contribution in [0.1, 0.15) is 11.4 Å². The third kappa shape index (κ3) is 3.27. The molecule has 0 aliphatic heterocycles. The van der Waals surface area contributed by atoms with E-state index in [4.69, 9.17) is 5.11 Å².